The van der Waals surface area contributed by atoms with E-state index in [1.54, 1.807) is 6.07 Å². The van der Waals surface area contributed by atoms with Gasteiger partial charge in [-0.15, -0.1) is 0 Å². The molecule has 0 saturated carbocycles. The Morgan fingerprint density at radius 3 is 2.59 bits per heavy atom. The van der Waals surface area contributed by atoms with E-state index in [1.807, 2.05) is 18.2 Å². The van der Waals surface area contributed by atoms with Crippen LogP contribution in [-0.2, 0) is 6.42 Å². The Labute approximate surface area is 166 Å². The first-order valence-corrected chi connectivity index (χ1v) is 9.89. The van der Waals surface area contributed by atoms with Crippen LogP contribution in [0.3, 0.4) is 0 Å². The van der Waals surface area contributed by atoms with Gasteiger partial charge >= 0.3 is 5.97 Å². The van der Waals surface area contributed by atoms with Crippen molar-refractivity contribution in [3.63, 3.8) is 0 Å². The predicted molar refractivity (Wildman–Crippen MR) is 109 cm³/mol. The van der Waals surface area contributed by atoms with Crippen molar-refractivity contribution in [1.82, 2.24) is 0 Å². The van der Waals surface area contributed by atoms with E-state index >= 15 is 0 Å². The summed E-state index contributed by atoms with van der Waals surface area (Å²) in [5.74, 6) is -0.328. The highest BCUT2D eigenvalue weighted by atomic mass is 79.9. The monoisotopic (exact) mass is 419 g/mol. The molecule has 3 aromatic rings. The predicted octanol–water partition coefficient (Wildman–Crippen LogP) is 5.62. The van der Waals surface area contributed by atoms with Gasteiger partial charge in [0, 0.05) is 10.4 Å². The Morgan fingerprint density at radius 1 is 1.00 bits per heavy atom. The normalized spacial score (nSPS) is 22.3. The van der Waals surface area contributed by atoms with Crippen molar-refractivity contribution in [2.75, 3.05) is 5.32 Å². The molecule has 134 valence electrons. The number of rotatable bonds is 2. The molecular formula is C23H18BrNO2. The number of hydrogen-bond acceptors (Lipinski definition) is 2. The third kappa shape index (κ3) is 2.59. The van der Waals surface area contributed by atoms with Gasteiger partial charge in [0.2, 0.25) is 0 Å². The minimum atomic E-state index is -0.892. The number of hydrogen-bond donors (Lipinski definition) is 2. The van der Waals surface area contributed by atoms with Crippen LogP contribution >= 0.6 is 15.9 Å². The van der Waals surface area contributed by atoms with Crippen molar-refractivity contribution in [2.45, 2.75) is 18.4 Å². The number of carboxylic acids is 1. The van der Waals surface area contributed by atoms with E-state index in [4.69, 9.17) is 0 Å². The molecule has 3 aromatic carbocycles. The number of nitrogens with one attached hydrogen (secondary N) is 1. The zero-order chi connectivity index (χ0) is 18.5. The van der Waals surface area contributed by atoms with Gasteiger partial charge in [-0.1, -0.05) is 64.5 Å². The Hall–Kier alpha value is -2.59. The van der Waals surface area contributed by atoms with Gasteiger partial charge in [0.05, 0.1) is 17.3 Å². The lowest BCUT2D eigenvalue weighted by molar-refractivity contribution is 0.0697. The number of anilines is 1. The van der Waals surface area contributed by atoms with Gasteiger partial charge in [-0.2, -0.15) is 0 Å². The van der Waals surface area contributed by atoms with Gasteiger partial charge < -0.3 is 10.4 Å². The van der Waals surface area contributed by atoms with Crippen molar-refractivity contribution in [3.05, 3.63) is 99.0 Å². The Bertz CT molecular complexity index is 1060. The minimum absolute atomic E-state index is 0.0629. The smallest absolute Gasteiger partial charge is 0.337 e. The third-order valence-corrected chi connectivity index (χ3v) is 6.37. The first-order chi connectivity index (χ1) is 13.1. The summed E-state index contributed by atoms with van der Waals surface area (Å²) < 4.78 is 1.03. The molecule has 1 heterocycles. The van der Waals surface area contributed by atoms with Crippen LogP contribution in [0.5, 0.6) is 0 Å². The number of carbonyl (C=O) groups is 1. The Morgan fingerprint density at radius 2 is 1.78 bits per heavy atom. The van der Waals surface area contributed by atoms with Crippen molar-refractivity contribution >= 4 is 27.6 Å². The fourth-order valence-corrected chi connectivity index (χ4v) is 5.21. The van der Waals surface area contributed by atoms with E-state index < -0.39 is 5.97 Å². The third-order valence-electron chi connectivity index (χ3n) is 5.87. The van der Waals surface area contributed by atoms with Gasteiger partial charge in [0.15, 0.2) is 0 Å². The molecular weight excluding hydrogens is 402 g/mol. The summed E-state index contributed by atoms with van der Waals surface area (Å²) >= 11 is 3.58. The maximum atomic E-state index is 11.9. The molecule has 0 bridgehead atoms. The number of benzene rings is 3. The van der Waals surface area contributed by atoms with Gasteiger partial charge in [-0.25, -0.2) is 4.79 Å². The maximum Gasteiger partial charge on any atom is 0.337 e. The van der Waals surface area contributed by atoms with Crippen molar-refractivity contribution in [3.8, 4) is 0 Å². The second kappa shape index (κ2) is 6.24. The molecule has 0 spiro atoms. The van der Waals surface area contributed by atoms with E-state index in [1.165, 1.54) is 16.7 Å². The van der Waals surface area contributed by atoms with Gasteiger partial charge in [0.25, 0.3) is 0 Å². The van der Waals surface area contributed by atoms with Crippen LogP contribution in [0.2, 0.25) is 0 Å². The first kappa shape index (κ1) is 16.6. The van der Waals surface area contributed by atoms with Gasteiger partial charge in [-0.05, 0) is 52.8 Å². The number of fused-ring (bicyclic) bond motifs is 5. The van der Waals surface area contributed by atoms with Crippen LogP contribution in [0.4, 0.5) is 5.69 Å². The van der Waals surface area contributed by atoms with Gasteiger partial charge in [-0.3, -0.25) is 0 Å². The number of aromatic carboxylic acids is 1. The minimum Gasteiger partial charge on any atom is -0.478 e. The number of para-hydroxylation sites is 1. The molecule has 0 fully saturated rings. The highest BCUT2D eigenvalue weighted by molar-refractivity contribution is 9.10. The summed E-state index contributed by atoms with van der Waals surface area (Å²) in [5.41, 5.74) is 6.06. The quantitative estimate of drug-likeness (QED) is 0.566. The summed E-state index contributed by atoms with van der Waals surface area (Å²) in [5, 5.41) is 13.3. The van der Waals surface area contributed by atoms with Gasteiger partial charge in [0.1, 0.15) is 0 Å². The molecule has 0 radical (unpaired) electrons. The van der Waals surface area contributed by atoms with Crippen LogP contribution in [0.15, 0.2) is 71.2 Å². The molecule has 5 rings (SSSR count). The van der Waals surface area contributed by atoms with E-state index in [0.29, 0.717) is 11.5 Å². The largest absolute Gasteiger partial charge is 0.478 e. The van der Waals surface area contributed by atoms with Crippen molar-refractivity contribution < 1.29 is 9.90 Å². The standard InChI is InChI=1S/C23H18BrNO2/c24-15-7-3-6-14(11-15)21-19-12-13-5-1-2-8-16(13)20(19)17-9-4-10-18(23(26)27)22(17)25-21/h1-11,19-21,25H,12H2,(H,26,27)/t19-,20+,21-/m1/s1. The Kier molecular flexibility index (Phi) is 3.83. The first-order valence-electron chi connectivity index (χ1n) is 9.09. The highest BCUT2D eigenvalue weighted by Gasteiger charge is 2.44. The van der Waals surface area contributed by atoms with Crippen LogP contribution in [0.1, 0.15) is 44.6 Å². The average Bonchev–Trinajstić information content (AvgIpc) is 3.06. The van der Waals surface area contributed by atoms with Crippen LogP contribution in [0.25, 0.3) is 0 Å². The molecule has 2 aliphatic rings. The summed E-state index contributed by atoms with van der Waals surface area (Å²) in [6.07, 6.45) is 0.988. The molecule has 27 heavy (non-hydrogen) atoms. The van der Waals surface area contributed by atoms with E-state index in [0.717, 1.165) is 22.1 Å². The van der Waals surface area contributed by atoms with Crippen molar-refractivity contribution in [2.24, 2.45) is 5.92 Å². The molecule has 0 aromatic heterocycles. The summed E-state index contributed by atoms with van der Waals surface area (Å²) in [7, 11) is 0. The molecule has 0 amide bonds. The van der Waals surface area contributed by atoms with Crippen LogP contribution < -0.4 is 5.32 Å². The molecule has 0 saturated heterocycles. The van der Waals surface area contributed by atoms with Crippen LogP contribution in [-0.4, -0.2) is 11.1 Å². The fourth-order valence-electron chi connectivity index (χ4n) is 4.80. The zero-order valence-corrected chi connectivity index (χ0v) is 16.1. The molecule has 2 N–H and O–H groups in total. The lowest BCUT2D eigenvalue weighted by atomic mass is 9.75. The summed E-state index contributed by atoms with van der Waals surface area (Å²) in [6.45, 7) is 0. The lowest BCUT2D eigenvalue weighted by Crippen LogP contribution is -2.31. The highest BCUT2D eigenvalue weighted by Crippen LogP contribution is 2.54. The van der Waals surface area contributed by atoms with Crippen molar-refractivity contribution in [1.29, 1.82) is 0 Å². The molecule has 3 atom stereocenters. The average molecular weight is 420 g/mol. The van der Waals surface area contributed by atoms with E-state index in [9.17, 15) is 9.90 Å². The molecule has 3 nitrogen and oxygen atoms in total. The molecule has 1 aliphatic carbocycles. The van der Waals surface area contributed by atoms with E-state index in [-0.39, 0.29) is 12.0 Å². The zero-order valence-electron chi connectivity index (χ0n) is 14.5. The van der Waals surface area contributed by atoms with Crippen LogP contribution in [0, 0.1) is 5.92 Å². The fraction of sp³-hybridized carbons (Fsp3) is 0.174. The second-order valence-electron chi connectivity index (χ2n) is 7.30. The number of halogens is 1. The summed E-state index contributed by atoms with van der Waals surface area (Å²) in [4.78, 5) is 11.9. The second-order valence-corrected chi connectivity index (χ2v) is 8.21. The lowest BCUT2D eigenvalue weighted by Gasteiger charge is -2.38. The topological polar surface area (TPSA) is 49.3 Å². The summed E-state index contributed by atoms with van der Waals surface area (Å²) in [6, 6.07) is 22.6. The molecule has 0 unspecified atom stereocenters. The Balaban J connectivity index is 1.73. The molecule has 1 aliphatic heterocycles. The van der Waals surface area contributed by atoms with E-state index in [2.05, 4.69) is 63.7 Å². The molecule has 4 heteroatoms. The number of carboxylic acid groups (broad SMARTS) is 1. The maximum absolute atomic E-state index is 11.9. The SMILES string of the molecule is O=C(O)c1cccc2c1N[C@H](c1cccc(Br)c1)[C@@H]1Cc3ccccc3[C@@H]21.